The van der Waals surface area contributed by atoms with E-state index in [0.29, 0.717) is 5.02 Å². The minimum Gasteiger partial charge on any atom is -0.386 e. The van der Waals surface area contributed by atoms with Crippen LogP contribution in [0.25, 0.3) is 0 Å². The minimum atomic E-state index is 0.708. The maximum atomic E-state index is 5.73. The molecule has 1 aromatic carbocycles. The van der Waals surface area contributed by atoms with E-state index in [4.69, 9.17) is 11.6 Å². The van der Waals surface area contributed by atoms with Gasteiger partial charge in [0.25, 0.3) is 0 Å². The molecule has 2 heteroatoms. The van der Waals surface area contributed by atoms with Crippen LogP contribution in [0.4, 0.5) is 5.69 Å². The summed E-state index contributed by atoms with van der Waals surface area (Å²) in [4.78, 5) is 0. The standard InChI is InChI=1S/C7H7ClN/c1-9-7-5-3-2-4-6(7)8/h2-4,9H,1H3. The van der Waals surface area contributed by atoms with Crippen molar-refractivity contribution < 1.29 is 0 Å². The van der Waals surface area contributed by atoms with Crippen LogP contribution in [0, 0.1) is 6.07 Å². The third-order valence-corrected chi connectivity index (χ3v) is 1.37. The van der Waals surface area contributed by atoms with Crippen LogP contribution in [-0.4, -0.2) is 7.05 Å². The van der Waals surface area contributed by atoms with E-state index in [1.54, 1.807) is 0 Å². The van der Waals surface area contributed by atoms with Crippen LogP contribution in [0.1, 0.15) is 0 Å². The van der Waals surface area contributed by atoms with Crippen LogP contribution in [0.2, 0.25) is 5.02 Å². The molecule has 1 radical (unpaired) electrons. The van der Waals surface area contributed by atoms with Crippen molar-refractivity contribution in [1.82, 2.24) is 0 Å². The second-order valence-electron chi connectivity index (χ2n) is 1.64. The molecule has 0 aromatic heterocycles. The van der Waals surface area contributed by atoms with E-state index in [1.807, 2.05) is 25.2 Å². The summed E-state index contributed by atoms with van der Waals surface area (Å²) in [6.07, 6.45) is 0. The fraction of sp³-hybridized carbons (Fsp3) is 0.143. The highest BCUT2D eigenvalue weighted by atomic mass is 35.5. The van der Waals surface area contributed by atoms with Crippen molar-refractivity contribution in [3.63, 3.8) is 0 Å². The molecule has 0 spiro atoms. The molecule has 0 aliphatic rings. The molecule has 1 nitrogen and oxygen atoms in total. The number of hydrogen-bond donors (Lipinski definition) is 1. The van der Waals surface area contributed by atoms with Gasteiger partial charge in [-0.25, -0.2) is 0 Å². The van der Waals surface area contributed by atoms with Gasteiger partial charge in [-0.1, -0.05) is 23.7 Å². The van der Waals surface area contributed by atoms with Gasteiger partial charge in [0.05, 0.1) is 10.7 Å². The lowest BCUT2D eigenvalue weighted by Gasteiger charge is -1.98. The van der Waals surface area contributed by atoms with Gasteiger partial charge in [0.1, 0.15) is 0 Å². The molecule has 0 amide bonds. The summed E-state index contributed by atoms with van der Waals surface area (Å²) in [6, 6.07) is 8.43. The predicted molar refractivity (Wildman–Crippen MR) is 39.8 cm³/mol. The Kier molecular flexibility index (Phi) is 1.96. The third kappa shape index (κ3) is 1.36. The predicted octanol–water partition coefficient (Wildman–Crippen LogP) is 2.18. The average molecular weight is 141 g/mol. The van der Waals surface area contributed by atoms with Crippen molar-refractivity contribution in [2.75, 3.05) is 12.4 Å². The molecule has 1 N–H and O–H groups in total. The Morgan fingerprint density at radius 1 is 1.67 bits per heavy atom. The normalized spacial score (nSPS) is 9.11. The first kappa shape index (κ1) is 6.43. The van der Waals surface area contributed by atoms with Crippen LogP contribution >= 0.6 is 11.6 Å². The zero-order chi connectivity index (χ0) is 6.69. The molecule has 0 heterocycles. The number of nitrogens with one attached hydrogen (secondary N) is 1. The zero-order valence-corrected chi connectivity index (χ0v) is 5.87. The Morgan fingerprint density at radius 2 is 2.44 bits per heavy atom. The lowest BCUT2D eigenvalue weighted by atomic mass is 10.3. The Bertz CT molecular complexity index is 198. The smallest absolute Gasteiger partial charge is 0.0643 e. The first-order chi connectivity index (χ1) is 4.34. The highest BCUT2D eigenvalue weighted by Crippen LogP contribution is 2.18. The number of halogens is 1. The van der Waals surface area contributed by atoms with Crippen molar-refractivity contribution in [1.29, 1.82) is 0 Å². The Hall–Kier alpha value is -0.690. The Morgan fingerprint density at radius 3 is 2.89 bits per heavy atom. The largest absolute Gasteiger partial charge is 0.386 e. The van der Waals surface area contributed by atoms with E-state index in [1.165, 1.54) is 0 Å². The molecule has 0 atom stereocenters. The molecule has 0 saturated carbocycles. The summed E-state index contributed by atoms with van der Waals surface area (Å²) in [6.45, 7) is 0. The van der Waals surface area contributed by atoms with Crippen LogP contribution in [0.3, 0.4) is 0 Å². The minimum absolute atomic E-state index is 0.708. The van der Waals surface area contributed by atoms with Crippen molar-refractivity contribution >= 4 is 17.3 Å². The molecule has 9 heavy (non-hydrogen) atoms. The van der Waals surface area contributed by atoms with Gasteiger partial charge in [0, 0.05) is 13.1 Å². The summed E-state index contributed by atoms with van der Waals surface area (Å²) in [5.74, 6) is 0. The van der Waals surface area contributed by atoms with Gasteiger partial charge in [-0.2, -0.15) is 0 Å². The highest BCUT2D eigenvalue weighted by molar-refractivity contribution is 6.33. The summed E-state index contributed by atoms with van der Waals surface area (Å²) < 4.78 is 0. The molecule has 0 unspecified atom stereocenters. The van der Waals surface area contributed by atoms with Crippen molar-refractivity contribution in [2.45, 2.75) is 0 Å². The lowest BCUT2D eigenvalue weighted by Crippen LogP contribution is -1.87. The number of rotatable bonds is 1. The van der Waals surface area contributed by atoms with Crippen molar-refractivity contribution in [3.8, 4) is 0 Å². The maximum absolute atomic E-state index is 5.73. The Labute approximate surface area is 59.6 Å². The molecular formula is C7H7ClN. The molecule has 1 rings (SSSR count). The third-order valence-electron chi connectivity index (χ3n) is 1.06. The van der Waals surface area contributed by atoms with Crippen molar-refractivity contribution in [2.24, 2.45) is 0 Å². The van der Waals surface area contributed by atoms with E-state index in [-0.39, 0.29) is 0 Å². The summed E-state index contributed by atoms with van der Waals surface area (Å²) in [5, 5.41) is 3.62. The maximum Gasteiger partial charge on any atom is 0.0643 e. The molecular weight excluding hydrogens is 134 g/mol. The van der Waals surface area contributed by atoms with Gasteiger partial charge >= 0.3 is 0 Å². The van der Waals surface area contributed by atoms with E-state index >= 15 is 0 Å². The monoisotopic (exact) mass is 140 g/mol. The quantitative estimate of drug-likeness (QED) is 0.631. The van der Waals surface area contributed by atoms with Gasteiger partial charge in [-0.05, 0) is 6.07 Å². The molecule has 0 aliphatic carbocycles. The lowest BCUT2D eigenvalue weighted by molar-refractivity contribution is 1.51. The van der Waals surface area contributed by atoms with E-state index in [0.717, 1.165) is 5.69 Å². The van der Waals surface area contributed by atoms with E-state index in [2.05, 4.69) is 11.4 Å². The fourth-order valence-corrected chi connectivity index (χ4v) is 0.830. The highest BCUT2D eigenvalue weighted by Gasteiger charge is 1.91. The van der Waals surface area contributed by atoms with Gasteiger partial charge in [0.2, 0.25) is 0 Å². The van der Waals surface area contributed by atoms with E-state index in [9.17, 15) is 0 Å². The second kappa shape index (κ2) is 2.74. The second-order valence-corrected chi connectivity index (χ2v) is 2.05. The number of anilines is 1. The van der Waals surface area contributed by atoms with Gasteiger partial charge in [-0.15, -0.1) is 0 Å². The SMILES string of the molecule is CNc1[c]cccc1Cl. The molecule has 0 aliphatic heterocycles. The number of hydrogen-bond acceptors (Lipinski definition) is 1. The van der Waals surface area contributed by atoms with E-state index < -0.39 is 0 Å². The molecule has 0 bridgehead atoms. The Balaban J connectivity index is 3.01. The first-order valence-electron chi connectivity index (χ1n) is 2.68. The number of para-hydroxylation sites is 1. The molecule has 47 valence electrons. The molecule has 0 fully saturated rings. The van der Waals surface area contributed by atoms with Crippen LogP contribution in [0.15, 0.2) is 18.2 Å². The zero-order valence-electron chi connectivity index (χ0n) is 5.11. The van der Waals surface area contributed by atoms with Crippen LogP contribution in [0.5, 0.6) is 0 Å². The first-order valence-corrected chi connectivity index (χ1v) is 3.06. The summed E-state index contributed by atoms with van der Waals surface area (Å²) in [5.41, 5.74) is 0.846. The fourth-order valence-electron chi connectivity index (χ4n) is 0.608. The number of benzene rings is 1. The topological polar surface area (TPSA) is 12.0 Å². The average Bonchev–Trinajstić information content (AvgIpc) is 1.89. The molecule has 0 saturated heterocycles. The molecule has 1 aromatic rings. The van der Waals surface area contributed by atoms with Gasteiger partial charge < -0.3 is 5.32 Å². The van der Waals surface area contributed by atoms with Crippen molar-refractivity contribution in [3.05, 3.63) is 29.3 Å². The summed E-state index contributed by atoms with van der Waals surface area (Å²) in [7, 11) is 1.82. The summed E-state index contributed by atoms with van der Waals surface area (Å²) >= 11 is 5.73. The van der Waals surface area contributed by atoms with Gasteiger partial charge in [0.15, 0.2) is 0 Å². The van der Waals surface area contributed by atoms with Crippen LogP contribution < -0.4 is 5.32 Å². The van der Waals surface area contributed by atoms with Gasteiger partial charge in [-0.3, -0.25) is 0 Å². The van der Waals surface area contributed by atoms with Crippen LogP contribution in [-0.2, 0) is 0 Å².